The molecule has 0 bridgehead atoms. The maximum Gasteiger partial charge on any atom is 0.220 e. The summed E-state index contributed by atoms with van der Waals surface area (Å²) in [4.78, 5) is 11.9. The molecule has 0 heterocycles. The van der Waals surface area contributed by atoms with Gasteiger partial charge in [0.15, 0.2) is 0 Å². The fraction of sp³-hybridized carbons (Fsp3) is 0.235. The van der Waals surface area contributed by atoms with Crippen LogP contribution in [0.25, 0.3) is 0 Å². The Bertz CT molecular complexity index is 610. The third kappa shape index (κ3) is 4.60. The molecule has 0 saturated carbocycles. The third-order valence-electron chi connectivity index (χ3n) is 3.38. The maximum absolute atomic E-state index is 13.0. The molecule has 3 N–H and O–H groups in total. The van der Waals surface area contributed by atoms with Gasteiger partial charge in [-0.3, -0.25) is 4.79 Å². The number of nitrogens with one attached hydrogen (secondary N) is 1. The Labute approximate surface area is 124 Å². The molecule has 3 nitrogen and oxygen atoms in total. The Morgan fingerprint density at radius 3 is 2.62 bits per heavy atom. The highest BCUT2D eigenvalue weighted by molar-refractivity contribution is 5.76. The van der Waals surface area contributed by atoms with Crippen molar-refractivity contribution in [3.05, 3.63) is 65.5 Å². The number of halogens is 1. The summed E-state index contributed by atoms with van der Waals surface area (Å²) in [6.45, 7) is 2.33. The largest absolute Gasteiger partial charge is 0.399 e. The van der Waals surface area contributed by atoms with Crippen LogP contribution < -0.4 is 11.1 Å². The molecular formula is C17H19FN2O. The number of rotatable bonds is 5. The summed E-state index contributed by atoms with van der Waals surface area (Å²) in [6, 6.07) is 13.7. The van der Waals surface area contributed by atoms with Crippen LogP contribution in [0.15, 0.2) is 48.5 Å². The summed E-state index contributed by atoms with van der Waals surface area (Å²) in [6.07, 6.45) is 0.388. The van der Waals surface area contributed by atoms with Crippen LogP contribution in [-0.2, 0) is 11.3 Å². The zero-order valence-electron chi connectivity index (χ0n) is 12.0. The van der Waals surface area contributed by atoms with Crippen LogP contribution in [-0.4, -0.2) is 5.91 Å². The molecule has 4 heteroatoms. The molecule has 0 aliphatic rings. The summed E-state index contributed by atoms with van der Waals surface area (Å²) < 4.78 is 13.0. The van der Waals surface area contributed by atoms with Crippen molar-refractivity contribution in [3.8, 4) is 0 Å². The van der Waals surface area contributed by atoms with E-state index in [1.54, 1.807) is 12.1 Å². The van der Waals surface area contributed by atoms with Gasteiger partial charge in [0.25, 0.3) is 0 Å². The first-order valence-corrected chi connectivity index (χ1v) is 6.91. The summed E-state index contributed by atoms with van der Waals surface area (Å²) in [7, 11) is 0. The zero-order valence-corrected chi connectivity index (χ0v) is 12.0. The molecule has 2 rings (SSSR count). The van der Waals surface area contributed by atoms with Gasteiger partial charge in [-0.1, -0.05) is 31.2 Å². The molecule has 110 valence electrons. The standard InChI is InChI=1S/C17H19FN2O/c1-12(14-5-7-16(19)8-6-14)9-17(21)20-11-13-3-2-4-15(18)10-13/h2-8,10,12H,9,11,19H2,1H3,(H,20,21). The molecule has 0 aromatic heterocycles. The summed E-state index contributed by atoms with van der Waals surface area (Å²) in [5.74, 6) is -0.237. The van der Waals surface area contributed by atoms with Gasteiger partial charge >= 0.3 is 0 Å². The van der Waals surface area contributed by atoms with Crippen LogP contribution in [0.2, 0.25) is 0 Å². The van der Waals surface area contributed by atoms with Crippen molar-refractivity contribution in [2.45, 2.75) is 25.8 Å². The Morgan fingerprint density at radius 1 is 1.24 bits per heavy atom. The van der Waals surface area contributed by atoms with Gasteiger partial charge in [0.1, 0.15) is 5.82 Å². The second kappa shape index (κ2) is 6.88. The van der Waals surface area contributed by atoms with Gasteiger partial charge < -0.3 is 11.1 Å². The number of nitrogens with two attached hydrogens (primary N) is 1. The highest BCUT2D eigenvalue weighted by Gasteiger charge is 2.11. The van der Waals surface area contributed by atoms with Gasteiger partial charge in [0.2, 0.25) is 5.91 Å². The summed E-state index contributed by atoms with van der Waals surface area (Å²) in [5.41, 5.74) is 8.18. The first-order valence-electron chi connectivity index (χ1n) is 6.91. The molecule has 0 saturated heterocycles. The number of amides is 1. The molecule has 0 aliphatic heterocycles. The van der Waals surface area contributed by atoms with E-state index >= 15 is 0 Å². The molecule has 1 amide bonds. The minimum Gasteiger partial charge on any atom is -0.399 e. The first-order chi connectivity index (χ1) is 10.0. The van der Waals surface area contributed by atoms with Gasteiger partial charge in [-0.2, -0.15) is 0 Å². The quantitative estimate of drug-likeness (QED) is 0.829. The Hall–Kier alpha value is -2.36. The molecule has 2 aromatic rings. The zero-order chi connectivity index (χ0) is 15.2. The average Bonchev–Trinajstić information content (AvgIpc) is 2.46. The third-order valence-corrected chi connectivity index (χ3v) is 3.38. The Kier molecular flexibility index (Phi) is 4.93. The lowest BCUT2D eigenvalue weighted by Gasteiger charge is -2.12. The van der Waals surface area contributed by atoms with E-state index in [1.165, 1.54) is 12.1 Å². The SMILES string of the molecule is CC(CC(=O)NCc1cccc(F)c1)c1ccc(N)cc1. The van der Waals surface area contributed by atoms with E-state index in [4.69, 9.17) is 5.73 Å². The molecule has 0 aliphatic carbocycles. The summed E-state index contributed by atoms with van der Waals surface area (Å²) in [5, 5.41) is 2.81. The van der Waals surface area contributed by atoms with E-state index in [0.29, 0.717) is 18.7 Å². The lowest BCUT2D eigenvalue weighted by atomic mass is 9.97. The second-order valence-electron chi connectivity index (χ2n) is 5.18. The van der Waals surface area contributed by atoms with E-state index in [-0.39, 0.29) is 17.6 Å². The number of hydrogen-bond donors (Lipinski definition) is 2. The van der Waals surface area contributed by atoms with E-state index < -0.39 is 0 Å². The minimum atomic E-state index is -0.294. The molecule has 1 atom stereocenters. The van der Waals surface area contributed by atoms with E-state index in [0.717, 1.165) is 11.1 Å². The van der Waals surface area contributed by atoms with Crippen LogP contribution >= 0.6 is 0 Å². The van der Waals surface area contributed by atoms with Crippen LogP contribution in [0.3, 0.4) is 0 Å². The molecule has 1 unspecified atom stereocenters. The topological polar surface area (TPSA) is 55.1 Å². The smallest absolute Gasteiger partial charge is 0.220 e. The highest BCUT2D eigenvalue weighted by Crippen LogP contribution is 2.20. The van der Waals surface area contributed by atoms with Gasteiger partial charge in [-0.15, -0.1) is 0 Å². The molecule has 21 heavy (non-hydrogen) atoms. The number of carbonyl (C=O) groups excluding carboxylic acids is 1. The average molecular weight is 286 g/mol. The predicted octanol–water partition coefficient (Wildman–Crippen LogP) is 3.22. The van der Waals surface area contributed by atoms with Crippen molar-refractivity contribution >= 4 is 11.6 Å². The van der Waals surface area contributed by atoms with Crippen LogP contribution in [0.4, 0.5) is 10.1 Å². The van der Waals surface area contributed by atoms with Crippen molar-refractivity contribution in [2.24, 2.45) is 0 Å². The van der Waals surface area contributed by atoms with Crippen molar-refractivity contribution in [1.29, 1.82) is 0 Å². The number of hydrogen-bond acceptors (Lipinski definition) is 2. The Balaban J connectivity index is 1.85. The second-order valence-corrected chi connectivity index (χ2v) is 5.18. The van der Waals surface area contributed by atoms with E-state index in [2.05, 4.69) is 5.32 Å². The van der Waals surface area contributed by atoms with Crippen molar-refractivity contribution in [1.82, 2.24) is 5.32 Å². The van der Waals surface area contributed by atoms with Gasteiger partial charge in [0, 0.05) is 18.7 Å². The normalized spacial score (nSPS) is 11.9. The fourth-order valence-electron chi connectivity index (χ4n) is 2.14. The van der Waals surface area contributed by atoms with Crippen LogP contribution in [0.1, 0.15) is 30.4 Å². The predicted molar refractivity (Wildman–Crippen MR) is 82.1 cm³/mol. The first kappa shape index (κ1) is 15.0. The van der Waals surface area contributed by atoms with Crippen LogP contribution in [0, 0.1) is 5.82 Å². The van der Waals surface area contributed by atoms with Crippen molar-refractivity contribution in [2.75, 3.05) is 5.73 Å². The number of anilines is 1. The molecule has 0 spiro atoms. The molecule has 2 aromatic carbocycles. The van der Waals surface area contributed by atoms with Gasteiger partial charge in [-0.05, 0) is 41.3 Å². The van der Waals surface area contributed by atoms with Gasteiger partial charge in [-0.25, -0.2) is 4.39 Å². The monoisotopic (exact) mass is 286 g/mol. The molecule has 0 radical (unpaired) electrons. The highest BCUT2D eigenvalue weighted by atomic mass is 19.1. The van der Waals surface area contributed by atoms with E-state index in [1.807, 2.05) is 31.2 Å². The summed E-state index contributed by atoms with van der Waals surface area (Å²) >= 11 is 0. The Morgan fingerprint density at radius 2 is 1.95 bits per heavy atom. The minimum absolute atomic E-state index is 0.0522. The van der Waals surface area contributed by atoms with E-state index in [9.17, 15) is 9.18 Å². The molecule has 0 fully saturated rings. The number of nitrogen functional groups attached to an aromatic ring is 1. The van der Waals surface area contributed by atoms with Crippen molar-refractivity contribution in [3.63, 3.8) is 0 Å². The lowest BCUT2D eigenvalue weighted by Crippen LogP contribution is -2.24. The van der Waals surface area contributed by atoms with Crippen LogP contribution in [0.5, 0.6) is 0 Å². The lowest BCUT2D eigenvalue weighted by molar-refractivity contribution is -0.121. The fourth-order valence-corrected chi connectivity index (χ4v) is 2.14. The van der Waals surface area contributed by atoms with Gasteiger partial charge in [0.05, 0.1) is 0 Å². The maximum atomic E-state index is 13.0. The number of carbonyl (C=O) groups is 1. The number of benzene rings is 2. The van der Waals surface area contributed by atoms with Crippen molar-refractivity contribution < 1.29 is 9.18 Å². The molecular weight excluding hydrogens is 267 g/mol.